The quantitative estimate of drug-likeness (QED) is 0.698. The molecule has 1 aliphatic heterocycles. The van der Waals surface area contributed by atoms with Crippen LogP contribution in [0.25, 0.3) is 4.91 Å². The molecule has 0 saturated heterocycles. The van der Waals surface area contributed by atoms with Gasteiger partial charge in [0.15, 0.2) is 5.78 Å². The molecule has 2 aromatic rings. The Labute approximate surface area is 154 Å². The van der Waals surface area contributed by atoms with Crippen molar-refractivity contribution in [3.8, 4) is 0 Å². The standard InChI is InChI=1S/C16H8BrCl2NO2S/c17-9-2-1-3-12-14(9)15(16(22)20-12)23-7-13(21)8-4-5-10(18)11(19)6-8/h1-6H,7H2. The molecule has 1 aliphatic rings. The second-order valence-electron chi connectivity index (χ2n) is 4.72. The molecule has 0 spiro atoms. The van der Waals surface area contributed by atoms with Crippen molar-refractivity contribution in [1.82, 2.24) is 0 Å². The molecule has 0 aromatic heterocycles. The molecule has 0 radical (unpaired) electrons. The molecular formula is C16H8BrCl2NO2S. The van der Waals surface area contributed by atoms with Crippen LogP contribution in [0.3, 0.4) is 0 Å². The first-order chi connectivity index (χ1) is 11.0. The van der Waals surface area contributed by atoms with Crippen molar-refractivity contribution >= 4 is 67.5 Å². The molecule has 0 fully saturated rings. The van der Waals surface area contributed by atoms with Crippen molar-refractivity contribution in [2.75, 3.05) is 5.75 Å². The number of halogens is 3. The highest BCUT2D eigenvalue weighted by molar-refractivity contribution is 9.10. The number of thioether (sulfide) groups is 1. The highest BCUT2D eigenvalue weighted by Gasteiger charge is 2.20. The molecule has 2 aromatic carbocycles. The summed E-state index contributed by atoms with van der Waals surface area (Å²) in [6.07, 6.45) is 0. The van der Waals surface area contributed by atoms with E-state index in [1.54, 1.807) is 18.2 Å². The molecule has 1 heterocycles. The molecule has 3 rings (SSSR count). The minimum absolute atomic E-state index is 0.120. The number of carbonyl (C=O) groups excluding carboxylic acids is 2. The van der Waals surface area contributed by atoms with Gasteiger partial charge >= 0.3 is 0 Å². The molecule has 0 bridgehead atoms. The van der Waals surface area contributed by atoms with Crippen LogP contribution < -0.4 is 10.6 Å². The number of carbonyl (C=O) groups is 2. The summed E-state index contributed by atoms with van der Waals surface area (Å²) in [5.74, 6) is -0.330. The molecule has 7 heteroatoms. The van der Waals surface area contributed by atoms with Crippen LogP contribution in [0, 0.1) is 0 Å². The molecule has 0 aliphatic carbocycles. The average molecular weight is 429 g/mol. The summed E-state index contributed by atoms with van der Waals surface area (Å²) in [7, 11) is 0. The van der Waals surface area contributed by atoms with Crippen LogP contribution in [0.1, 0.15) is 10.4 Å². The molecule has 116 valence electrons. The van der Waals surface area contributed by atoms with Crippen molar-refractivity contribution in [2.24, 2.45) is 4.99 Å². The number of hydrogen-bond acceptors (Lipinski definition) is 3. The van der Waals surface area contributed by atoms with Crippen LogP contribution in [0.5, 0.6) is 0 Å². The summed E-state index contributed by atoms with van der Waals surface area (Å²) >= 11 is 16.4. The average Bonchev–Trinajstić information content (AvgIpc) is 2.84. The molecule has 3 nitrogen and oxygen atoms in total. The maximum Gasteiger partial charge on any atom is 0.284 e. The molecule has 0 unspecified atom stereocenters. The van der Waals surface area contributed by atoms with Gasteiger partial charge in [-0.2, -0.15) is 0 Å². The largest absolute Gasteiger partial charge is 0.293 e. The Morgan fingerprint density at radius 1 is 1.17 bits per heavy atom. The van der Waals surface area contributed by atoms with Crippen LogP contribution in [0.2, 0.25) is 10.0 Å². The van der Waals surface area contributed by atoms with E-state index >= 15 is 0 Å². The SMILES string of the molecule is O=C1N=c2cccc(Br)c2=C1SCC(=O)c1ccc(Cl)c(Cl)c1. The normalized spacial score (nSPS) is 13.0. The summed E-state index contributed by atoms with van der Waals surface area (Å²) in [5.41, 5.74) is 0.460. The second kappa shape index (κ2) is 6.77. The van der Waals surface area contributed by atoms with Gasteiger partial charge in [-0.05, 0) is 30.3 Å². The Hall–Kier alpha value is -1.14. The molecule has 0 saturated carbocycles. The van der Waals surface area contributed by atoms with E-state index in [1.165, 1.54) is 17.8 Å². The predicted octanol–water partition coefficient (Wildman–Crippen LogP) is 3.64. The van der Waals surface area contributed by atoms with Gasteiger partial charge in [0.05, 0.1) is 26.1 Å². The monoisotopic (exact) mass is 427 g/mol. The first kappa shape index (κ1) is 16.7. The van der Waals surface area contributed by atoms with E-state index < -0.39 is 0 Å². The minimum Gasteiger partial charge on any atom is -0.293 e. The molecular weight excluding hydrogens is 421 g/mol. The zero-order chi connectivity index (χ0) is 16.6. The number of nitrogens with zero attached hydrogens (tertiary/aromatic N) is 1. The first-order valence-corrected chi connectivity index (χ1v) is 9.04. The van der Waals surface area contributed by atoms with Crippen LogP contribution in [0.4, 0.5) is 0 Å². The first-order valence-electron chi connectivity index (χ1n) is 6.50. The van der Waals surface area contributed by atoms with Gasteiger partial charge in [0.25, 0.3) is 5.91 Å². The number of ketones is 1. The zero-order valence-electron chi connectivity index (χ0n) is 11.5. The van der Waals surface area contributed by atoms with E-state index in [2.05, 4.69) is 20.9 Å². The van der Waals surface area contributed by atoms with Gasteiger partial charge in [-0.1, -0.05) is 45.2 Å². The third-order valence-corrected chi connectivity index (χ3v) is 5.70. The lowest BCUT2D eigenvalue weighted by molar-refractivity contribution is -0.112. The number of benzene rings is 2. The van der Waals surface area contributed by atoms with Gasteiger partial charge in [0, 0.05) is 15.3 Å². The van der Waals surface area contributed by atoms with Gasteiger partial charge in [0.1, 0.15) is 0 Å². The van der Waals surface area contributed by atoms with Gasteiger partial charge < -0.3 is 0 Å². The Kier molecular flexibility index (Phi) is 4.92. The van der Waals surface area contributed by atoms with Crippen LogP contribution >= 0.6 is 50.9 Å². The van der Waals surface area contributed by atoms with E-state index in [0.29, 0.717) is 25.9 Å². The van der Waals surface area contributed by atoms with Gasteiger partial charge in [-0.25, -0.2) is 4.99 Å². The maximum absolute atomic E-state index is 12.3. The number of fused-ring (bicyclic) bond motifs is 1. The fourth-order valence-corrected chi connectivity index (χ4v) is 4.08. The van der Waals surface area contributed by atoms with Crippen molar-refractivity contribution in [3.63, 3.8) is 0 Å². The summed E-state index contributed by atoms with van der Waals surface area (Å²) in [6, 6.07) is 10.2. The van der Waals surface area contributed by atoms with Gasteiger partial charge in [0.2, 0.25) is 0 Å². The van der Waals surface area contributed by atoms with Crippen molar-refractivity contribution in [2.45, 2.75) is 0 Å². The van der Waals surface area contributed by atoms with Crippen LogP contribution in [-0.2, 0) is 4.79 Å². The van der Waals surface area contributed by atoms with E-state index in [0.717, 1.165) is 9.69 Å². The summed E-state index contributed by atoms with van der Waals surface area (Å²) in [4.78, 5) is 28.8. The Bertz CT molecular complexity index is 959. The summed E-state index contributed by atoms with van der Waals surface area (Å²) in [6.45, 7) is 0. The van der Waals surface area contributed by atoms with Crippen LogP contribution in [0.15, 0.2) is 45.9 Å². The minimum atomic E-state index is -0.321. The Morgan fingerprint density at radius 3 is 2.70 bits per heavy atom. The van der Waals surface area contributed by atoms with Crippen molar-refractivity contribution < 1.29 is 9.59 Å². The molecule has 0 N–H and O–H groups in total. The van der Waals surface area contributed by atoms with Gasteiger partial charge in [-0.3, -0.25) is 9.59 Å². The van der Waals surface area contributed by atoms with Crippen molar-refractivity contribution in [1.29, 1.82) is 0 Å². The van der Waals surface area contributed by atoms with E-state index in [4.69, 9.17) is 23.2 Å². The third kappa shape index (κ3) is 3.38. The summed E-state index contributed by atoms with van der Waals surface area (Å²) < 4.78 is 0.786. The van der Waals surface area contributed by atoms with Gasteiger partial charge in [-0.15, -0.1) is 11.8 Å². The number of amides is 1. The summed E-state index contributed by atoms with van der Waals surface area (Å²) in [5, 5.41) is 2.08. The molecule has 1 amide bonds. The molecule has 0 atom stereocenters. The van der Waals surface area contributed by atoms with E-state index in [-0.39, 0.29) is 17.4 Å². The molecule has 23 heavy (non-hydrogen) atoms. The Morgan fingerprint density at radius 2 is 1.96 bits per heavy atom. The smallest absolute Gasteiger partial charge is 0.284 e. The second-order valence-corrected chi connectivity index (χ2v) is 7.38. The van der Waals surface area contributed by atoms with Crippen LogP contribution in [-0.4, -0.2) is 17.4 Å². The highest BCUT2D eigenvalue weighted by atomic mass is 79.9. The predicted molar refractivity (Wildman–Crippen MR) is 96.6 cm³/mol. The highest BCUT2D eigenvalue weighted by Crippen LogP contribution is 2.25. The number of Topliss-reactive ketones (excluding diaryl/α,β-unsaturated/α-hetero) is 1. The number of hydrogen-bond donors (Lipinski definition) is 0. The lowest BCUT2D eigenvalue weighted by atomic mass is 10.1. The zero-order valence-corrected chi connectivity index (χ0v) is 15.4. The van der Waals surface area contributed by atoms with E-state index in [1.807, 2.05) is 12.1 Å². The van der Waals surface area contributed by atoms with E-state index in [9.17, 15) is 9.59 Å². The Balaban J connectivity index is 1.86. The fourth-order valence-electron chi connectivity index (χ4n) is 2.12. The third-order valence-electron chi connectivity index (χ3n) is 3.22. The fraction of sp³-hybridized carbons (Fsp3) is 0.0625. The lowest BCUT2D eigenvalue weighted by Gasteiger charge is -2.03. The van der Waals surface area contributed by atoms with Crippen molar-refractivity contribution in [3.05, 3.63) is 67.1 Å². The topological polar surface area (TPSA) is 46.5 Å². The number of rotatable bonds is 4. The lowest BCUT2D eigenvalue weighted by Crippen LogP contribution is -2.23. The maximum atomic E-state index is 12.3.